The second kappa shape index (κ2) is 7.45. The lowest BCUT2D eigenvalue weighted by atomic mass is 10.2. The minimum absolute atomic E-state index is 0.202. The summed E-state index contributed by atoms with van der Waals surface area (Å²) in [6, 6.07) is 10.3. The highest BCUT2D eigenvalue weighted by molar-refractivity contribution is 5.68. The van der Waals surface area contributed by atoms with E-state index in [4.69, 9.17) is 4.74 Å². The van der Waals surface area contributed by atoms with Crippen LogP contribution in [0.5, 0.6) is 0 Å². The van der Waals surface area contributed by atoms with Crippen molar-refractivity contribution < 1.29 is 9.53 Å². The number of nitrogens with zero attached hydrogens (tertiary/aromatic N) is 2. The molecule has 0 unspecified atom stereocenters. The predicted molar refractivity (Wildman–Crippen MR) is 89.7 cm³/mol. The third-order valence-electron chi connectivity index (χ3n) is 3.50. The Morgan fingerprint density at radius 1 is 1.14 bits per heavy atom. The molecular formula is C18H26N2O2. The number of carbonyl (C=O) groups excluding carboxylic acids is 1. The van der Waals surface area contributed by atoms with Crippen LogP contribution in [0.15, 0.2) is 36.4 Å². The number of benzene rings is 1. The van der Waals surface area contributed by atoms with E-state index in [1.165, 1.54) is 5.56 Å². The zero-order valence-electron chi connectivity index (χ0n) is 13.8. The third kappa shape index (κ3) is 5.53. The fraction of sp³-hybridized carbons (Fsp3) is 0.500. The second-order valence-electron chi connectivity index (χ2n) is 6.58. The van der Waals surface area contributed by atoms with Gasteiger partial charge in [-0.05, 0) is 26.3 Å². The lowest BCUT2D eigenvalue weighted by Crippen LogP contribution is -2.49. The monoisotopic (exact) mass is 302 g/mol. The molecule has 0 N–H and O–H groups in total. The van der Waals surface area contributed by atoms with Crippen LogP contribution in [0.25, 0.3) is 6.08 Å². The van der Waals surface area contributed by atoms with Crippen LogP contribution in [-0.4, -0.2) is 54.2 Å². The van der Waals surface area contributed by atoms with E-state index in [2.05, 4.69) is 29.2 Å². The maximum Gasteiger partial charge on any atom is 0.410 e. The van der Waals surface area contributed by atoms with Crippen LogP contribution in [0.2, 0.25) is 0 Å². The van der Waals surface area contributed by atoms with E-state index in [1.54, 1.807) is 4.90 Å². The summed E-state index contributed by atoms with van der Waals surface area (Å²) in [4.78, 5) is 16.1. The molecular weight excluding hydrogens is 276 g/mol. The molecule has 0 aromatic heterocycles. The largest absolute Gasteiger partial charge is 0.444 e. The molecule has 1 aromatic carbocycles. The molecule has 0 bridgehead atoms. The van der Waals surface area contributed by atoms with Crippen LogP contribution in [0.1, 0.15) is 26.3 Å². The van der Waals surface area contributed by atoms with Gasteiger partial charge in [-0.2, -0.15) is 0 Å². The Labute approximate surface area is 133 Å². The first kappa shape index (κ1) is 16.6. The third-order valence-corrected chi connectivity index (χ3v) is 3.50. The molecule has 1 aromatic rings. The fourth-order valence-corrected chi connectivity index (χ4v) is 2.34. The first-order chi connectivity index (χ1) is 10.4. The molecule has 2 rings (SSSR count). The van der Waals surface area contributed by atoms with Gasteiger partial charge in [0.2, 0.25) is 0 Å². The molecule has 0 radical (unpaired) electrons. The molecule has 1 heterocycles. The van der Waals surface area contributed by atoms with Crippen molar-refractivity contribution in [2.45, 2.75) is 26.4 Å². The molecule has 120 valence electrons. The highest BCUT2D eigenvalue weighted by atomic mass is 16.6. The van der Waals surface area contributed by atoms with Gasteiger partial charge in [0, 0.05) is 32.7 Å². The normalized spacial score (nSPS) is 17.0. The minimum atomic E-state index is -0.424. The Kier molecular flexibility index (Phi) is 5.61. The molecule has 4 heteroatoms. The van der Waals surface area contributed by atoms with Gasteiger partial charge in [-0.15, -0.1) is 0 Å². The highest BCUT2D eigenvalue weighted by Crippen LogP contribution is 2.12. The van der Waals surface area contributed by atoms with Crippen molar-refractivity contribution in [2.24, 2.45) is 0 Å². The zero-order chi connectivity index (χ0) is 16.0. The van der Waals surface area contributed by atoms with Crippen LogP contribution in [-0.2, 0) is 4.74 Å². The van der Waals surface area contributed by atoms with E-state index >= 15 is 0 Å². The van der Waals surface area contributed by atoms with E-state index in [0.29, 0.717) is 0 Å². The highest BCUT2D eigenvalue weighted by Gasteiger charge is 2.25. The topological polar surface area (TPSA) is 32.8 Å². The standard InChI is InChI=1S/C18H26N2O2/c1-18(2,3)22-17(21)20-14-12-19(13-15-20)11-7-10-16-8-5-4-6-9-16/h4-10H,11-15H2,1-3H3/b10-7+. The predicted octanol–water partition coefficient (Wildman–Crippen LogP) is 3.25. The maximum absolute atomic E-state index is 12.0. The van der Waals surface area contributed by atoms with Crippen LogP contribution in [0, 0.1) is 0 Å². The number of carbonyl (C=O) groups is 1. The molecule has 0 saturated carbocycles. The average Bonchev–Trinajstić information content (AvgIpc) is 2.47. The molecule has 1 fully saturated rings. The lowest BCUT2D eigenvalue weighted by molar-refractivity contribution is 0.0154. The number of ether oxygens (including phenoxy) is 1. The van der Waals surface area contributed by atoms with Crippen molar-refractivity contribution in [3.05, 3.63) is 42.0 Å². The van der Waals surface area contributed by atoms with Crippen molar-refractivity contribution in [3.63, 3.8) is 0 Å². The lowest BCUT2D eigenvalue weighted by Gasteiger charge is -2.35. The molecule has 0 spiro atoms. The number of piperazine rings is 1. The van der Waals surface area contributed by atoms with Gasteiger partial charge in [-0.1, -0.05) is 42.5 Å². The van der Waals surface area contributed by atoms with Crippen molar-refractivity contribution in [2.75, 3.05) is 32.7 Å². The van der Waals surface area contributed by atoms with Gasteiger partial charge in [0.05, 0.1) is 0 Å². The van der Waals surface area contributed by atoms with Gasteiger partial charge in [-0.3, -0.25) is 4.90 Å². The molecule has 0 atom stereocenters. The smallest absolute Gasteiger partial charge is 0.410 e. The summed E-state index contributed by atoms with van der Waals surface area (Å²) in [5.74, 6) is 0. The number of hydrogen-bond acceptors (Lipinski definition) is 3. The van der Waals surface area contributed by atoms with Crippen LogP contribution >= 0.6 is 0 Å². The molecule has 1 saturated heterocycles. The molecule has 1 aliphatic heterocycles. The van der Waals surface area contributed by atoms with Crippen LogP contribution < -0.4 is 0 Å². The number of rotatable bonds is 3. The summed E-state index contributed by atoms with van der Waals surface area (Å²) in [5, 5.41) is 0. The minimum Gasteiger partial charge on any atom is -0.444 e. The Morgan fingerprint density at radius 2 is 1.77 bits per heavy atom. The van der Waals surface area contributed by atoms with Gasteiger partial charge in [-0.25, -0.2) is 4.79 Å². The molecule has 1 amide bonds. The van der Waals surface area contributed by atoms with Crippen molar-refractivity contribution in [3.8, 4) is 0 Å². The van der Waals surface area contributed by atoms with Gasteiger partial charge < -0.3 is 9.64 Å². The Bertz CT molecular complexity index is 498. The van der Waals surface area contributed by atoms with Gasteiger partial charge >= 0.3 is 6.09 Å². The second-order valence-corrected chi connectivity index (χ2v) is 6.58. The SMILES string of the molecule is CC(C)(C)OC(=O)N1CCN(C/C=C/c2ccccc2)CC1. The van der Waals surface area contributed by atoms with Crippen molar-refractivity contribution in [1.29, 1.82) is 0 Å². The van der Waals surface area contributed by atoms with Gasteiger partial charge in [0.25, 0.3) is 0 Å². The molecule has 4 nitrogen and oxygen atoms in total. The van der Waals surface area contributed by atoms with E-state index in [1.807, 2.05) is 39.0 Å². The summed E-state index contributed by atoms with van der Waals surface area (Å²) < 4.78 is 5.41. The summed E-state index contributed by atoms with van der Waals surface area (Å²) in [7, 11) is 0. The molecule has 1 aliphatic rings. The fourth-order valence-electron chi connectivity index (χ4n) is 2.34. The summed E-state index contributed by atoms with van der Waals surface area (Å²) in [6.45, 7) is 9.84. The van der Waals surface area contributed by atoms with Crippen molar-refractivity contribution >= 4 is 12.2 Å². The van der Waals surface area contributed by atoms with Crippen LogP contribution in [0.3, 0.4) is 0 Å². The summed E-state index contributed by atoms with van der Waals surface area (Å²) in [5.41, 5.74) is 0.794. The van der Waals surface area contributed by atoms with E-state index in [-0.39, 0.29) is 6.09 Å². The van der Waals surface area contributed by atoms with Crippen molar-refractivity contribution in [1.82, 2.24) is 9.80 Å². The molecule has 22 heavy (non-hydrogen) atoms. The van der Waals surface area contributed by atoms with Gasteiger partial charge in [0.15, 0.2) is 0 Å². The van der Waals surface area contributed by atoms with E-state index < -0.39 is 5.60 Å². The maximum atomic E-state index is 12.0. The zero-order valence-corrected chi connectivity index (χ0v) is 13.8. The van der Waals surface area contributed by atoms with E-state index in [9.17, 15) is 4.79 Å². The Balaban J connectivity index is 1.73. The summed E-state index contributed by atoms with van der Waals surface area (Å²) >= 11 is 0. The molecule has 0 aliphatic carbocycles. The number of amides is 1. The first-order valence-corrected chi connectivity index (χ1v) is 7.86. The van der Waals surface area contributed by atoms with Gasteiger partial charge in [0.1, 0.15) is 5.60 Å². The number of hydrogen-bond donors (Lipinski definition) is 0. The average molecular weight is 302 g/mol. The van der Waals surface area contributed by atoms with E-state index in [0.717, 1.165) is 32.7 Å². The Morgan fingerprint density at radius 3 is 2.36 bits per heavy atom. The first-order valence-electron chi connectivity index (χ1n) is 7.86. The quantitative estimate of drug-likeness (QED) is 0.859. The Hall–Kier alpha value is -1.81. The summed E-state index contributed by atoms with van der Waals surface area (Å²) in [6.07, 6.45) is 4.12. The van der Waals surface area contributed by atoms with Crippen LogP contribution in [0.4, 0.5) is 4.79 Å².